The number of pyridine rings is 1. The predicted octanol–water partition coefficient (Wildman–Crippen LogP) is 5.12. The van der Waals surface area contributed by atoms with Gasteiger partial charge in [0.2, 0.25) is 0 Å². The third-order valence-corrected chi connectivity index (χ3v) is 4.79. The molecule has 0 aliphatic rings. The number of alkyl halides is 1. The molecular weight excluding hydrogens is 351 g/mol. The lowest BCUT2D eigenvalue weighted by atomic mass is 10.0. The molecule has 1 heterocycles. The second kappa shape index (κ2) is 10.3. The maximum Gasteiger partial charge on any atom is 0.159 e. The molecule has 0 radical (unpaired) electrons. The molecular formula is C21H28F3N3. The van der Waals surface area contributed by atoms with Crippen molar-refractivity contribution in [3.8, 4) is 11.3 Å². The summed E-state index contributed by atoms with van der Waals surface area (Å²) in [6.07, 6.45) is 3.75. The standard InChI is InChI=1S/C21H28F3N3/c1-4-14-12-20(15-8-9-17(23)18(24)11-15)27-13-21(14)26-10-6-7-19(25-3)16(22)5-2/h8-9,11-13,16,19,25-26H,4-7,10H2,1-3H3. The minimum atomic E-state index is -0.883. The van der Waals surface area contributed by atoms with E-state index >= 15 is 0 Å². The molecule has 0 saturated heterocycles. The van der Waals surface area contributed by atoms with E-state index in [1.165, 1.54) is 6.07 Å². The van der Waals surface area contributed by atoms with Gasteiger partial charge in [-0.1, -0.05) is 13.8 Å². The van der Waals surface area contributed by atoms with Crippen LogP contribution in [0.2, 0.25) is 0 Å². The van der Waals surface area contributed by atoms with Crippen LogP contribution in [-0.4, -0.2) is 30.8 Å². The van der Waals surface area contributed by atoms with Gasteiger partial charge in [-0.2, -0.15) is 0 Å². The summed E-state index contributed by atoms with van der Waals surface area (Å²) in [6.45, 7) is 4.59. The molecule has 2 N–H and O–H groups in total. The zero-order valence-corrected chi connectivity index (χ0v) is 16.2. The van der Waals surface area contributed by atoms with E-state index < -0.39 is 17.8 Å². The Labute approximate surface area is 159 Å². The number of anilines is 1. The summed E-state index contributed by atoms with van der Waals surface area (Å²) in [4.78, 5) is 4.38. The Morgan fingerprint density at radius 2 is 1.89 bits per heavy atom. The molecule has 0 aliphatic carbocycles. The topological polar surface area (TPSA) is 37.0 Å². The smallest absolute Gasteiger partial charge is 0.159 e. The normalized spacial score (nSPS) is 13.4. The Kier molecular flexibility index (Phi) is 8.10. The van der Waals surface area contributed by atoms with E-state index in [2.05, 4.69) is 15.6 Å². The molecule has 0 bridgehead atoms. The van der Waals surface area contributed by atoms with Gasteiger partial charge in [-0.15, -0.1) is 0 Å². The van der Waals surface area contributed by atoms with Crippen LogP contribution in [0.25, 0.3) is 11.3 Å². The summed E-state index contributed by atoms with van der Waals surface area (Å²) >= 11 is 0. The van der Waals surface area contributed by atoms with E-state index in [1.54, 1.807) is 13.2 Å². The molecule has 0 aliphatic heterocycles. The first kappa shape index (κ1) is 21.2. The van der Waals surface area contributed by atoms with Crippen molar-refractivity contribution in [2.45, 2.75) is 51.7 Å². The lowest BCUT2D eigenvalue weighted by Crippen LogP contribution is -2.35. The van der Waals surface area contributed by atoms with Gasteiger partial charge in [-0.05, 0) is 62.6 Å². The zero-order chi connectivity index (χ0) is 19.8. The van der Waals surface area contributed by atoms with E-state index in [4.69, 9.17) is 0 Å². The Hall–Kier alpha value is -2.08. The van der Waals surface area contributed by atoms with Crippen LogP contribution in [0.15, 0.2) is 30.5 Å². The van der Waals surface area contributed by atoms with E-state index in [-0.39, 0.29) is 6.04 Å². The highest BCUT2D eigenvalue weighted by Gasteiger charge is 2.16. The minimum Gasteiger partial charge on any atom is -0.384 e. The Balaban J connectivity index is 2.00. The van der Waals surface area contributed by atoms with Crippen molar-refractivity contribution in [2.75, 3.05) is 18.9 Å². The molecule has 2 aromatic rings. The first-order valence-electron chi connectivity index (χ1n) is 9.49. The summed E-state index contributed by atoms with van der Waals surface area (Å²) < 4.78 is 40.4. The number of aryl methyl sites for hydroxylation is 1. The quantitative estimate of drug-likeness (QED) is 0.563. The molecule has 0 saturated carbocycles. The van der Waals surface area contributed by atoms with Crippen LogP contribution in [0, 0.1) is 11.6 Å². The molecule has 2 atom stereocenters. The van der Waals surface area contributed by atoms with Crippen molar-refractivity contribution in [1.29, 1.82) is 0 Å². The summed E-state index contributed by atoms with van der Waals surface area (Å²) in [7, 11) is 1.79. The molecule has 0 amide bonds. The fourth-order valence-corrected chi connectivity index (χ4v) is 3.10. The van der Waals surface area contributed by atoms with E-state index in [0.29, 0.717) is 24.2 Å². The van der Waals surface area contributed by atoms with Gasteiger partial charge in [0.1, 0.15) is 6.17 Å². The van der Waals surface area contributed by atoms with Gasteiger partial charge in [0.15, 0.2) is 11.6 Å². The molecule has 2 rings (SSSR count). The third kappa shape index (κ3) is 5.70. The third-order valence-electron chi connectivity index (χ3n) is 4.79. The van der Waals surface area contributed by atoms with Gasteiger partial charge < -0.3 is 10.6 Å². The van der Waals surface area contributed by atoms with Gasteiger partial charge >= 0.3 is 0 Å². The van der Waals surface area contributed by atoms with Crippen LogP contribution in [0.3, 0.4) is 0 Å². The number of hydrogen-bond acceptors (Lipinski definition) is 3. The average Bonchev–Trinajstić information content (AvgIpc) is 2.69. The van der Waals surface area contributed by atoms with Crippen LogP contribution in [-0.2, 0) is 6.42 Å². The first-order chi connectivity index (χ1) is 13.0. The molecule has 1 aromatic carbocycles. The number of benzene rings is 1. The number of hydrogen-bond donors (Lipinski definition) is 2. The highest BCUT2D eigenvalue weighted by molar-refractivity contribution is 5.64. The van der Waals surface area contributed by atoms with Crippen molar-refractivity contribution < 1.29 is 13.2 Å². The molecule has 0 spiro atoms. The van der Waals surface area contributed by atoms with Gasteiger partial charge in [0, 0.05) is 18.2 Å². The van der Waals surface area contributed by atoms with Gasteiger partial charge in [-0.25, -0.2) is 13.2 Å². The predicted molar refractivity (Wildman–Crippen MR) is 105 cm³/mol. The van der Waals surface area contributed by atoms with Gasteiger partial charge in [0.05, 0.1) is 17.6 Å². The first-order valence-corrected chi connectivity index (χ1v) is 9.49. The maximum absolute atomic E-state index is 13.8. The van der Waals surface area contributed by atoms with Crippen molar-refractivity contribution in [1.82, 2.24) is 10.3 Å². The summed E-state index contributed by atoms with van der Waals surface area (Å²) in [6, 6.07) is 5.54. The second-order valence-electron chi connectivity index (χ2n) is 6.60. The monoisotopic (exact) mass is 379 g/mol. The Bertz CT molecular complexity index is 737. The Morgan fingerprint density at radius 1 is 1.11 bits per heavy atom. The highest BCUT2D eigenvalue weighted by Crippen LogP contribution is 2.24. The van der Waals surface area contributed by atoms with Crippen LogP contribution in [0.1, 0.15) is 38.7 Å². The summed E-state index contributed by atoms with van der Waals surface area (Å²) in [5.41, 5.74) is 3.11. The van der Waals surface area contributed by atoms with Gasteiger partial charge in [0.25, 0.3) is 0 Å². The molecule has 27 heavy (non-hydrogen) atoms. The van der Waals surface area contributed by atoms with Crippen molar-refractivity contribution in [3.63, 3.8) is 0 Å². The summed E-state index contributed by atoms with van der Waals surface area (Å²) in [5.74, 6) is -1.75. The summed E-state index contributed by atoms with van der Waals surface area (Å²) in [5, 5.41) is 6.39. The number of rotatable bonds is 10. The zero-order valence-electron chi connectivity index (χ0n) is 16.2. The number of halogens is 3. The highest BCUT2D eigenvalue weighted by atomic mass is 19.2. The molecule has 6 heteroatoms. The molecule has 148 valence electrons. The van der Waals surface area contributed by atoms with E-state index in [9.17, 15) is 13.2 Å². The van der Waals surface area contributed by atoms with Crippen LogP contribution in [0.5, 0.6) is 0 Å². The SMILES string of the molecule is CCc1cc(-c2ccc(F)c(F)c2)ncc1NCCCC(NC)C(F)CC. The number of nitrogens with one attached hydrogen (secondary N) is 2. The minimum absolute atomic E-state index is 0.128. The second-order valence-corrected chi connectivity index (χ2v) is 6.60. The largest absolute Gasteiger partial charge is 0.384 e. The van der Waals surface area contributed by atoms with Crippen LogP contribution in [0.4, 0.5) is 18.9 Å². The van der Waals surface area contributed by atoms with Crippen LogP contribution >= 0.6 is 0 Å². The fraction of sp³-hybridized carbons (Fsp3) is 0.476. The number of nitrogens with zero attached hydrogens (tertiary/aromatic N) is 1. The molecule has 3 nitrogen and oxygen atoms in total. The molecule has 0 fully saturated rings. The lowest BCUT2D eigenvalue weighted by molar-refractivity contribution is 0.239. The average molecular weight is 379 g/mol. The maximum atomic E-state index is 13.8. The van der Waals surface area contributed by atoms with E-state index in [1.807, 2.05) is 19.9 Å². The molecule has 1 aromatic heterocycles. The van der Waals surface area contributed by atoms with Crippen LogP contribution < -0.4 is 10.6 Å². The number of aromatic nitrogens is 1. The lowest BCUT2D eigenvalue weighted by Gasteiger charge is -2.20. The van der Waals surface area contributed by atoms with E-state index in [0.717, 1.165) is 42.6 Å². The van der Waals surface area contributed by atoms with Crippen molar-refractivity contribution in [2.24, 2.45) is 0 Å². The van der Waals surface area contributed by atoms with Crippen molar-refractivity contribution in [3.05, 3.63) is 47.7 Å². The molecule has 2 unspecified atom stereocenters. The fourth-order valence-electron chi connectivity index (χ4n) is 3.10. The van der Waals surface area contributed by atoms with Crippen molar-refractivity contribution >= 4 is 5.69 Å². The van der Waals surface area contributed by atoms with Gasteiger partial charge in [-0.3, -0.25) is 4.98 Å². The Morgan fingerprint density at radius 3 is 2.52 bits per heavy atom.